The Morgan fingerprint density at radius 2 is 1.80 bits per heavy atom. The lowest BCUT2D eigenvalue weighted by atomic mass is 9.98. The first-order chi connectivity index (χ1) is 14.6. The number of morpholine rings is 1. The summed E-state index contributed by atoms with van der Waals surface area (Å²) in [6, 6.07) is 7.88. The maximum atomic E-state index is 12.6. The summed E-state index contributed by atoms with van der Waals surface area (Å²) in [6.45, 7) is 4.05. The number of carbonyl (C=O) groups is 3. The van der Waals surface area contributed by atoms with Crippen LogP contribution in [0.5, 0.6) is 0 Å². The maximum Gasteiger partial charge on any atom is 0.325 e. The summed E-state index contributed by atoms with van der Waals surface area (Å²) in [5.41, 5.74) is 1.53. The second-order valence-electron chi connectivity index (χ2n) is 8.32. The molecule has 0 radical (unpaired) electrons. The lowest BCUT2D eigenvalue weighted by molar-refractivity contribution is -0.131. The van der Waals surface area contributed by atoms with Crippen LogP contribution in [-0.2, 0) is 20.9 Å². The van der Waals surface area contributed by atoms with Crippen molar-refractivity contribution < 1.29 is 19.1 Å². The minimum Gasteiger partial charge on any atom is -0.378 e. The van der Waals surface area contributed by atoms with Crippen molar-refractivity contribution in [2.24, 2.45) is 0 Å². The molecule has 0 unspecified atom stereocenters. The van der Waals surface area contributed by atoms with Gasteiger partial charge in [0.25, 0.3) is 5.91 Å². The van der Waals surface area contributed by atoms with Gasteiger partial charge in [0.05, 0.1) is 13.2 Å². The first-order valence-corrected chi connectivity index (χ1v) is 10.9. The number of rotatable bonds is 7. The topological polar surface area (TPSA) is 91.0 Å². The molecule has 0 bridgehead atoms. The zero-order valence-corrected chi connectivity index (χ0v) is 17.3. The second kappa shape index (κ2) is 9.04. The highest BCUT2D eigenvalue weighted by Gasteiger charge is 2.52. The Balaban J connectivity index is 1.18. The number of benzene rings is 1. The smallest absolute Gasteiger partial charge is 0.325 e. The molecule has 2 heterocycles. The fraction of sp³-hybridized carbons (Fsp3) is 0.591. The van der Waals surface area contributed by atoms with E-state index in [1.165, 1.54) is 10.6 Å². The number of ether oxygens (including phenoxy) is 1. The van der Waals surface area contributed by atoms with Crippen LogP contribution in [-0.4, -0.2) is 61.1 Å². The Morgan fingerprint density at radius 1 is 1.10 bits per heavy atom. The van der Waals surface area contributed by atoms with Crippen LogP contribution in [0.1, 0.15) is 44.1 Å². The van der Waals surface area contributed by atoms with Gasteiger partial charge in [0.15, 0.2) is 0 Å². The summed E-state index contributed by atoms with van der Waals surface area (Å²) in [4.78, 5) is 40.5. The molecule has 2 saturated heterocycles. The average Bonchev–Trinajstić information content (AvgIpc) is 3.33. The molecule has 1 aliphatic carbocycles. The van der Waals surface area contributed by atoms with E-state index in [4.69, 9.17) is 4.74 Å². The number of hydrogen-bond donors (Lipinski definition) is 2. The fourth-order valence-electron chi connectivity index (χ4n) is 4.53. The van der Waals surface area contributed by atoms with E-state index >= 15 is 0 Å². The molecule has 2 N–H and O–H groups in total. The largest absolute Gasteiger partial charge is 0.378 e. The van der Waals surface area contributed by atoms with Gasteiger partial charge in [-0.3, -0.25) is 14.5 Å². The van der Waals surface area contributed by atoms with Gasteiger partial charge < -0.3 is 20.3 Å². The van der Waals surface area contributed by atoms with E-state index in [9.17, 15) is 14.4 Å². The van der Waals surface area contributed by atoms with E-state index in [1.54, 1.807) is 0 Å². The summed E-state index contributed by atoms with van der Waals surface area (Å²) in [7, 11) is 0. The van der Waals surface area contributed by atoms with Gasteiger partial charge in [0.1, 0.15) is 5.54 Å². The number of anilines is 1. The molecule has 0 aromatic heterocycles. The molecule has 30 heavy (non-hydrogen) atoms. The average molecular weight is 415 g/mol. The number of amides is 4. The van der Waals surface area contributed by atoms with Crippen molar-refractivity contribution in [2.45, 2.75) is 50.6 Å². The fourth-order valence-corrected chi connectivity index (χ4v) is 4.53. The summed E-state index contributed by atoms with van der Waals surface area (Å²) >= 11 is 0. The van der Waals surface area contributed by atoms with Crippen LogP contribution in [0.3, 0.4) is 0 Å². The van der Waals surface area contributed by atoms with Crippen molar-refractivity contribution in [3.8, 4) is 0 Å². The molecule has 162 valence electrons. The third-order valence-electron chi connectivity index (χ3n) is 6.29. The predicted octanol–water partition coefficient (Wildman–Crippen LogP) is 1.78. The van der Waals surface area contributed by atoms with Gasteiger partial charge in [-0.25, -0.2) is 4.79 Å². The van der Waals surface area contributed by atoms with Crippen molar-refractivity contribution >= 4 is 23.5 Å². The Kier molecular flexibility index (Phi) is 6.22. The van der Waals surface area contributed by atoms with Crippen molar-refractivity contribution in [1.82, 2.24) is 15.5 Å². The molecular weight excluding hydrogens is 384 g/mol. The van der Waals surface area contributed by atoms with Crippen LogP contribution in [0.15, 0.2) is 24.3 Å². The molecule has 1 spiro atoms. The van der Waals surface area contributed by atoms with Crippen LogP contribution in [0.2, 0.25) is 0 Å². The van der Waals surface area contributed by atoms with Crippen LogP contribution in [0.4, 0.5) is 10.5 Å². The Labute approximate surface area is 176 Å². The Hall–Kier alpha value is -2.61. The van der Waals surface area contributed by atoms with Gasteiger partial charge >= 0.3 is 6.03 Å². The van der Waals surface area contributed by atoms with Crippen LogP contribution >= 0.6 is 0 Å². The van der Waals surface area contributed by atoms with Crippen LogP contribution in [0.25, 0.3) is 0 Å². The first-order valence-electron chi connectivity index (χ1n) is 10.9. The Bertz CT molecular complexity index is 783. The highest BCUT2D eigenvalue weighted by atomic mass is 16.5. The van der Waals surface area contributed by atoms with E-state index in [0.717, 1.165) is 57.6 Å². The summed E-state index contributed by atoms with van der Waals surface area (Å²) in [5, 5.41) is 5.79. The van der Waals surface area contributed by atoms with Gasteiger partial charge in [0.2, 0.25) is 5.91 Å². The normalized spacial score (nSPS) is 20.7. The van der Waals surface area contributed by atoms with Crippen LogP contribution in [0, 0.1) is 0 Å². The first kappa shape index (κ1) is 20.7. The molecule has 8 nitrogen and oxygen atoms in total. The molecule has 4 rings (SSSR count). The number of carbonyl (C=O) groups excluding carboxylic acids is 3. The molecule has 4 amide bonds. The molecule has 0 atom stereocenters. The highest BCUT2D eigenvalue weighted by Crippen LogP contribution is 2.35. The quantitative estimate of drug-likeness (QED) is 0.664. The van der Waals surface area contributed by atoms with Gasteiger partial charge in [-0.15, -0.1) is 0 Å². The predicted molar refractivity (Wildman–Crippen MR) is 112 cm³/mol. The maximum absolute atomic E-state index is 12.6. The van der Waals surface area contributed by atoms with E-state index in [2.05, 4.69) is 27.7 Å². The second-order valence-corrected chi connectivity index (χ2v) is 8.32. The van der Waals surface area contributed by atoms with E-state index in [1.807, 2.05) is 12.1 Å². The van der Waals surface area contributed by atoms with Gasteiger partial charge in [-0.05, 0) is 37.0 Å². The summed E-state index contributed by atoms with van der Waals surface area (Å²) in [6.07, 6.45) is 4.14. The number of nitrogens with one attached hydrogen (secondary N) is 2. The molecule has 3 fully saturated rings. The summed E-state index contributed by atoms with van der Waals surface area (Å²) < 4.78 is 5.38. The minimum absolute atomic E-state index is 0.0742. The zero-order chi connectivity index (χ0) is 21.0. The van der Waals surface area contributed by atoms with Crippen molar-refractivity contribution in [1.29, 1.82) is 0 Å². The van der Waals surface area contributed by atoms with Crippen molar-refractivity contribution in [3.05, 3.63) is 29.8 Å². The summed E-state index contributed by atoms with van der Waals surface area (Å²) in [5.74, 6) is -0.194. The van der Waals surface area contributed by atoms with Gasteiger partial charge in [-0.2, -0.15) is 0 Å². The standard InChI is InChI=1S/C22H30N4O4/c27-19(4-3-11-26-20(28)22(24-21(26)29)9-1-2-10-22)23-16-17-5-7-18(8-6-17)25-12-14-30-15-13-25/h5-8H,1-4,9-16H2,(H,23,27)(H,24,29). The molecule has 1 aromatic carbocycles. The highest BCUT2D eigenvalue weighted by molar-refractivity contribution is 6.07. The SMILES string of the molecule is O=C(CCCN1C(=O)NC2(CCCC2)C1=O)NCc1ccc(N2CCOCC2)cc1. The van der Waals surface area contributed by atoms with E-state index in [0.29, 0.717) is 13.0 Å². The molecule has 2 aliphatic heterocycles. The lowest BCUT2D eigenvalue weighted by Gasteiger charge is -2.28. The van der Waals surface area contributed by atoms with Gasteiger partial charge in [0, 0.05) is 38.3 Å². The molecule has 1 aromatic rings. The third kappa shape index (κ3) is 4.43. The molecule has 8 heteroatoms. The number of hydrogen-bond acceptors (Lipinski definition) is 5. The molecular formula is C22H30N4O4. The minimum atomic E-state index is -0.674. The zero-order valence-electron chi connectivity index (χ0n) is 17.3. The third-order valence-corrected chi connectivity index (χ3v) is 6.29. The molecule has 3 aliphatic rings. The number of nitrogens with zero attached hydrogens (tertiary/aromatic N) is 2. The van der Waals surface area contributed by atoms with E-state index in [-0.39, 0.29) is 30.8 Å². The Morgan fingerprint density at radius 3 is 2.50 bits per heavy atom. The van der Waals surface area contributed by atoms with Gasteiger partial charge in [-0.1, -0.05) is 25.0 Å². The molecule has 1 saturated carbocycles. The monoisotopic (exact) mass is 414 g/mol. The lowest BCUT2D eigenvalue weighted by Crippen LogP contribution is -2.44. The number of urea groups is 1. The van der Waals surface area contributed by atoms with E-state index < -0.39 is 5.54 Å². The number of imide groups is 1. The van der Waals surface area contributed by atoms with Crippen molar-refractivity contribution in [3.63, 3.8) is 0 Å². The van der Waals surface area contributed by atoms with Crippen molar-refractivity contribution in [2.75, 3.05) is 37.7 Å². The van der Waals surface area contributed by atoms with Crippen LogP contribution < -0.4 is 15.5 Å².